The number of unbranched alkanes of at least 4 members (excludes halogenated alkanes) is 2. The monoisotopic (exact) mass is 983 g/mol. The van der Waals surface area contributed by atoms with Gasteiger partial charge in [0.1, 0.15) is 30.5 Å². The molecule has 352 valence electrons. The zero-order valence-corrected chi connectivity index (χ0v) is 38.8. The van der Waals surface area contributed by atoms with Gasteiger partial charge in [0.25, 0.3) is 11.8 Å². The Morgan fingerprint density at radius 1 is 0.631 bits per heavy atom. The van der Waals surface area contributed by atoms with Crippen LogP contribution in [0.2, 0.25) is 20.1 Å². The molecule has 3 aromatic rings. The predicted octanol–water partition coefficient (Wildman–Crippen LogP) is 6.90. The summed E-state index contributed by atoms with van der Waals surface area (Å²) in [6.45, 7) is 5.02. The van der Waals surface area contributed by atoms with Crippen molar-refractivity contribution in [2.75, 3.05) is 19.8 Å². The summed E-state index contributed by atoms with van der Waals surface area (Å²) in [5.74, 6) is -4.49. The number of benzene rings is 3. The Bertz CT molecular complexity index is 2120. The highest BCUT2D eigenvalue weighted by molar-refractivity contribution is 6.55. The Kier molecular flexibility index (Phi) is 18.0. The molecule has 3 aromatic carbocycles. The number of aliphatic hydroxyl groups excluding tert-OH is 1. The number of ether oxygens (including phenoxy) is 9. The van der Waals surface area contributed by atoms with Crippen LogP contribution in [0.5, 0.6) is 0 Å². The van der Waals surface area contributed by atoms with E-state index in [4.69, 9.17) is 89.0 Å². The van der Waals surface area contributed by atoms with E-state index in [1.165, 1.54) is 0 Å². The first kappa shape index (κ1) is 50.5. The Hall–Kier alpha value is -3.91. The van der Waals surface area contributed by atoms with Crippen molar-refractivity contribution in [1.82, 2.24) is 4.90 Å². The summed E-state index contributed by atoms with van der Waals surface area (Å²) in [5, 5.41) is 11.4. The fraction of sp³-hybridized carbons (Fsp3) is 0.489. The largest absolute Gasteiger partial charge is 0.456 e. The molecule has 10 atom stereocenters. The van der Waals surface area contributed by atoms with Gasteiger partial charge in [-0.25, -0.2) is 0 Å². The third kappa shape index (κ3) is 12.0. The molecule has 2 saturated heterocycles. The van der Waals surface area contributed by atoms with Crippen LogP contribution in [0.4, 0.5) is 0 Å². The van der Waals surface area contributed by atoms with Gasteiger partial charge in [-0.3, -0.25) is 28.9 Å². The van der Waals surface area contributed by atoms with E-state index in [9.17, 15) is 29.1 Å². The second-order valence-electron chi connectivity index (χ2n) is 15.5. The van der Waals surface area contributed by atoms with Gasteiger partial charge < -0.3 is 47.7 Å². The topological polar surface area (TPSA) is 192 Å². The number of carbonyl (C=O) groups excluding carboxylic acids is 5. The quantitative estimate of drug-likeness (QED) is 0.0326. The lowest BCUT2D eigenvalue weighted by atomic mass is 9.94. The highest BCUT2D eigenvalue weighted by Gasteiger charge is 2.59. The molecule has 3 aliphatic heterocycles. The average molecular weight is 986 g/mol. The van der Waals surface area contributed by atoms with Crippen LogP contribution < -0.4 is 0 Å². The van der Waals surface area contributed by atoms with E-state index >= 15 is 0 Å². The van der Waals surface area contributed by atoms with Gasteiger partial charge in [0, 0.05) is 27.4 Å². The SMILES string of the molecule is CCCCCO[C@@H]1O[C@H](COCc2ccccc2)[C@@H](O[C@@H]2O[C@H](COCc3ccccc3)[C@H](OC(C)=O)[C@H](OC(C)=O)[C@H]2OC(C)=O)[C@H](O)[C@H]1N1C(=O)c2c(Cl)c(Cl)c(Cl)c(Cl)c2C1=O. The number of hydrogen-bond acceptors (Lipinski definition) is 15. The Labute approximate surface area is 395 Å². The van der Waals surface area contributed by atoms with Crippen LogP contribution >= 0.6 is 46.4 Å². The van der Waals surface area contributed by atoms with Gasteiger partial charge in [-0.2, -0.15) is 0 Å². The van der Waals surface area contributed by atoms with Gasteiger partial charge >= 0.3 is 17.9 Å². The summed E-state index contributed by atoms with van der Waals surface area (Å²) in [4.78, 5) is 67.5. The van der Waals surface area contributed by atoms with Crippen molar-refractivity contribution < 1.29 is 71.7 Å². The van der Waals surface area contributed by atoms with Crippen LogP contribution in [-0.2, 0) is 70.2 Å². The van der Waals surface area contributed by atoms with Crippen molar-refractivity contribution >= 4 is 76.1 Å². The van der Waals surface area contributed by atoms with Gasteiger partial charge in [-0.1, -0.05) is 127 Å². The lowest BCUT2D eigenvalue weighted by molar-refractivity contribution is -0.354. The van der Waals surface area contributed by atoms with E-state index in [1.807, 2.05) is 67.6 Å². The van der Waals surface area contributed by atoms with E-state index in [0.717, 1.165) is 44.7 Å². The summed E-state index contributed by atoms with van der Waals surface area (Å²) in [6, 6.07) is 16.6. The lowest BCUT2D eigenvalue weighted by Crippen LogP contribution is -2.69. The molecule has 1 N–H and O–H groups in total. The average Bonchev–Trinajstić information content (AvgIpc) is 3.53. The molecule has 6 rings (SSSR count). The molecule has 20 heteroatoms. The first-order chi connectivity index (χ1) is 31.1. The maximum absolute atomic E-state index is 14.4. The zero-order valence-electron chi connectivity index (χ0n) is 35.8. The minimum Gasteiger partial charge on any atom is -0.456 e. The fourth-order valence-corrected chi connectivity index (χ4v) is 8.81. The molecule has 0 aliphatic carbocycles. The molecule has 0 bridgehead atoms. The van der Waals surface area contributed by atoms with E-state index in [1.54, 1.807) is 0 Å². The van der Waals surface area contributed by atoms with Gasteiger partial charge in [0.2, 0.25) is 0 Å². The van der Waals surface area contributed by atoms with Crippen LogP contribution in [0, 0.1) is 0 Å². The van der Waals surface area contributed by atoms with Crippen LogP contribution in [-0.4, -0.2) is 121 Å². The first-order valence-corrected chi connectivity index (χ1v) is 22.4. The molecular weight excluding hydrogens is 936 g/mol. The fourth-order valence-electron chi connectivity index (χ4n) is 7.80. The second kappa shape index (κ2) is 23.2. The Balaban J connectivity index is 1.41. The number of carbonyl (C=O) groups is 5. The molecular formula is C45H49Cl4NO15. The molecule has 0 aromatic heterocycles. The molecule has 16 nitrogen and oxygen atoms in total. The number of esters is 3. The summed E-state index contributed by atoms with van der Waals surface area (Å²) >= 11 is 25.7. The molecule has 65 heavy (non-hydrogen) atoms. The van der Waals surface area contributed by atoms with Crippen LogP contribution in [0.25, 0.3) is 0 Å². The number of amides is 2. The highest BCUT2D eigenvalue weighted by Crippen LogP contribution is 2.46. The highest BCUT2D eigenvalue weighted by atomic mass is 35.5. The minimum atomic E-state index is -1.90. The third-order valence-electron chi connectivity index (χ3n) is 10.7. The summed E-state index contributed by atoms with van der Waals surface area (Å²) in [6.07, 6.45) is -11.8. The number of imide groups is 1. The Morgan fingerprint density at radius 2 is 1.09 bits per heavy atom. The first-order valence-electron chi connectivity index (χ1n) is 20.9. The normalized spacial score (nSPS) is 26.4. The van der Waals surface area contributed by atoms with E-state index in [2.05, 4.69) is 0 Å². The Morgan fingerprint density at radius 3 is 1.58 bits per heavy atom. The summed E-state index contributed by atoms with van der Waals surface area (Å²) < 4.78 is 55.0. The van der Waals surface area contributed by atoms with Gasteiger partial charge in [-0.05, 0) is 17.5 Å². The van der Waals surface area contributed by atoms with E-state index in [-0.39, 0.29) is 64.3 Å². The van der Waals surface area contributed by atoms with Crippen LogP contribution in [0.3, 0.4) is 0 Å². The standard InChI is InChI=1S/C45H49Cl4NO15/c1-5-6-13-18-59-44-36(50-42(55)30-31(43(50)56)33(47)35(49)34(48)32(30)46)37(54)38(28(63-44)21-57-19-26-14-9-7-10-15-26)65-45-41(62-25(4)53)40(61-24(3)52)39(60-23(2)51)29(64-45)22-58-20-27-16-11-8-12-17-27/h7-12,14-17,28-29,36-41,44-45,54H,5-6,13,18-22H2,1-4H3/t28-,29-,36-,37-,38-,39+,40+,41-,44-,45+/m1/s1. The maximum atomic E-state index is 14.4. The van der Waals surface area contributed by atoms with Crippen molar-refractivity contribution in [3.63, 3.8) is 0 Å². The van der Waals surface area contributed by atoms with Crippen LogP contribution in [0.1, 0.15) is 78.8 Å². The predicted molar refractivity (Wildman–Crippen MR) is 233 cm³/mol. The molecule has 0 unspecified atom stereocenters. The maximum Gasteiger partial charge on any atom is 0.303 e. The van der Waals surface area contributed by atoms with Gasteiger partial charge in [-0.15, -0.1) is 0 Å². The van der Waals surface area contributed by atoms with E-state index < -0.39 is 91.1 Å². The van der Waals surface area contributed by atoms with Crippen molar-refractivity contribution in [3.8, 4) is 0 Å². The second-order valence-corrected chi connectivity index (χ2v) is 17.0. The number of aliphatic hydroxyl groups is 1. The molecule has 0 spiro atoms. The number of rotatable bonds is 19. The third-order valence-corrected chi connectivity index (χ3v) is 12.5. The molecule has 0 radical (unpaired) electrons. The molecule has 3 heterocycles. The van der Waals surface area contributed by atoms with Crippen molar-refractivity contribution in [2.24, 2.45) is 0 Å². The molecule has 2 fully saturated rings. The number of nitrogens with zero attached hydrogens (tertiary/aromatic N) is 1. The molecule has 0 saturated carbocycles. The summed E-state index contributed by atoms with van der Waals surface area (Å²) in [7, 11) is 0. The minimum absolute atomic E-state index is 0.0830. The van der Waals surface area contributed by atoms with Crippen molar-refractivity contribution in [1.29, 1.82) is 0 Å². The number of halogens is 4. The lowest BCUT2D eigenvalue weighted by Gasteiger charge is -2.49. The molecule has 2 amide bonds. The van der Waals surface area contributed by atoms with Gasteiger partial charge in [0.15, 0.2) is 30.9 Å². The molecule has 3 aliphatic rings. The number of hydrogen-bond donors (Lipinski definition) is 1. The zero-order chi connectivity index (χ0) is 46.9. The summed E-state index contributed by atoms with van der Waals surface area (Å²) in [5.41, 5.74) is 0.883. The smallest absolute Gasteiger partial charge is 0.303 e. The van der Waals surface area contributed by atoms with Crippen LogP contribution in [0.15, 0.2) is 60.7 Å². The van der Waals surface area contributed by atoms with Crippen molar-refractivity contribution in [3.05, 3.63) is 103 Å². The van der Waals surface area contributed by atoms with Crippen molar-refractivity contribution in [2.45, 2.75) is 122 Å². The number of fused-ring (bicyclic) bond motifs is 1. The van der Waals surface area contributed by atoms with Gasteiger partial charge in [0.05, 0.1) is 57.6 Å². The van der Waals surface area contributed by atoms with E-state index in [0.29, 0.717) is 11.3 Å².